The quantitative estimate of drug-likeness (QED) is 0.696. The van der Waals surface area contributed by atoms with Gasteiger partial charge in [0, 0.05) is 56.4 Å². The zero-order valence-electron chi connectivity index (χ0n) is 18.2. The van der Waals surface area contributed by atoms with E-state index in [2.05, 4.69) is 10.2 Å². The number of piperazine rings is 1. The highest BCUT2D eigenvalue weighted by atomic mass is 35.5. The molecule has 1 N–H and O–H groups in total. The van der Waals surface area contributed by atoms with Crippen LogP contribution in [0.3, 0.4) is 0 Å². The molecule has 1 aromatic rings. The molecule has 9 heteroatoms. The summed E-state index contributed by atoms with van der Waals surface area (Å²) < 4.78 is 4.72. The lowest BCUT2D eigenvalue weighted by Gasteiger charge is -2.37. The van der Waals surface area contributed by atoms with Gasteiger partial charge < -0.3 is 24.8 Å². The predicted molar refractivity (Wildman–Crippen MR) is 119 cm³/mol. The van der Waals surface area contributed by atoms with Crippen LogP contribution in [0.2, 0.25) is 5.02 Å². The van der Waals surface area contributed by atoms with E-state index in [0.717, 1.165) is 31.6 Å². The van der Waals surface area contributed by atoms with Gasteiger partial charge in [-0.15, -0.1) is 0 Å². The largest absolute Gasteiger partial charge is 0.469 e. The van der Waals surface area contributed by atoms with Crippen molar-refractivity contribution in [2.75, 3.05) is 51.3 Å². The van der Waals surface area contributed by atoms with Gasteiger partial charge in [0.15, 0.2) is 0 Å². The summed E-state index contributed by atoms with van der Waals surface area (Å²) in [4.78, 5) is 42.6. The third-order valence-electron chi connectivity index (χ3n) is 6.08. The monoisotopic (exact) mass is 450 g/mol. The number of carbonyl (C=O) groups is 3. The van der Waals surface area contributed by atoms with Gasteiger partial charge in [-0.3, -0.25) is 9.59 Å². The molecule has 0 bridgehead atoms. The summed E-state index contributed by atoms with van der Waals surface area (Å²) in [5.41, 5.74) is 1.09. The van der Waals surface area contributed by atoms with E-state index < -0.39 is 6.04 Å². The van der Waals surface area contributed by atoms with Crippen LogP contribution >= 0.6 is 11.6 Å². The Morgan fingerprint density at radius 2 is 1.65 bits per heavy atom. The predicted octanol–water partition coefficient (Wildman–Crippen LogP) is 2.36. The molecular formula is C22H31ClN4O4. The number of carbonyl (C=O) groups excluding carboxylic acids is 3. The average Bonchev–Trinajstić information content (AvgIpc) is 2.79. The molecule has 0 spiro atoms. The number of hydrogen-bond acceptors (Lipinski definition) is 5. The van der Waals surface area contributed by atoms with Crippen molar-refractivity contribution in [1.82, 2.24) is 15.1 Å². The van der Waals surface area contributed by atoms with E-state index in [1.165, 1.54) is 7.11 Å². The number of halogens is 1. The fourth-order valence-electron chi connectivity index (χ4n) is 4.11. The van der Waals surface area contributed by atoms with Crippen molar-refractivity contribution in [3.8, 4) is 0 Å². The number of anilines is 1. The second-order valence-electron chi connectivity index (χ2n) is 8.17. The normalized spacial score (nSPS) is 18.5. The topological polar surface area (TPSA) is 82.2 Å². The molecule has 1 aromatic carbocycles. The molecule has 3 amide bonds. The molecule has 2 fully saturated rings. The summed E-state index contributed by atoms with van der Waals surface area (Å²) >= 11 is 5.95. The number of urea groups is 1. The molecule has 0 unspecified atom stereocenters. The first-order valence-electron chi connectivity index (χ1n) is 10.8. The lowest BCUT2D eigenvalue weighted by atomic mass is 9.93. The molecular weight excluding hydrogens is 420 g/mol. The van der Waals surface area contributed by atoms with Gasteiger partial charge in [0.25, 0.3) is 0 Å². The smallest absolute Gasteiger partial charge is 0.318 e. The summed E-state index contributed by atoms with van der Waals surface area (Å²) in [5, 5.41) is 3.55. The highest BCUT2D eigenvalue weighted by Gasteiger charge is 2.29. The third kappa shape index (κ3) is 6.26. The van der Waals surface area contributed by atoms with Crippen molar-refractivity contribution in [3.63, 3.8) is 0 Å². The molecule has 0 saturated carbocycles. The zero-order chi connectivity index (χ0) is 22.4. The fraction of sp³-hybridized carbons (Fsp3) is 0.591. The Bertz CT molecular complexity index is 772. The average molecular weight is 451 g/mol. The fourth-order valence-corrected chi connectivity index (χ4v) is 4.23. The van der Waals surface area contributed by atoms with E-state index in [-0.39, 0.29) is 23.8 Å². The van der Waals surface area contributed by atoms with Gasteiger partial charge in [-0.1, -0.05) is 11.6 Å². The van der Waals surface area contributed by atoms with Crippen molar-refractivity contribution >= 4 is 35.2 Å². The molecule has 2 aliphatic heterocycles. The Labute approximate surface area is 188 Å². The van der Waals surface area contributed by atoms with E-state index in [9.17, 15) is 14.4 Å². The van der Waals surface area contributed by atoms with Gasteiger partial charge in [0.05, 0.1) is 7.11 Å². The number of nitrogens with one attached hydrogen (secondary N) is 1. The molecule has 170 valence electrons. The Balaban J connectivity index is 1.41. The number of amides is 3. The van der Waals surface area contributed by atoms with Gasteiger partial charge in [-0.05, 0) is 49.9 Å². The molecule has 2 heterocycles. The third-order valence-corrected chi connectivity index (χ3v) is 6.33. The molecule has 31 heavy (non-hydrogen) atoms. The number of likely N-dealkylation sites (tertiary alicyclic amines) is 1. The van der Waals surface area contributed by atoms with Gasteiger partial charge >= 0.3 is 12.0 Å². The Morgan fingerprint density at radius 3 is 2.23 bits per heavy atom. The maximum Gasteiger partial charge on any atom is 0.318 e. The van der Waals surface area contributed by atoms with E-state index in [1.54, 1.807) is 16.7 Å². The second kappa shape index (κ2) is 10.7. The van der Waals surface area contributed by atoms with Crippen molar-refractivity contribution in [2.24, 2.45) is 5.92 Å². The van der Waals surface area contributed by atoms with Crippen LogP contribution in [0, 0.1) is 5.92 Å². The summed E-state index contributed by atoms with van der Waals surface area (Å²) in [6, 6.07) is 6.89. The summed E-state index contributed by atoms with van der Waals surface area (Å²) in [6.45, 7) is 5.56. The molecule has 2 aliphatic rings. The minimum absolute atomic E-state index is 0.0790. The maximum absolute atomic E-state index is 12.7. The van der Waals surface area contributed by atoms with Gasteiger partial charge in [0.1, 0.15) is 6.04 Å². The van der Waals surface area contributed by atoms with Crippen molar-refractivity contribution in [1.29, 1.82) is 0 Å². The van der Waals surface area contributed by atoms with Crippen LogP contribution in [0.25, 0.3) is 0 Å². The standard InChI is InChI=1S/C22H31ClN4O4/c1-16(21(29)26-9-7-17(8-10-26)15-20(28)31-2)24-22(30)27-13-11-25(12-14-27)19-5-3-18(23)4-6-19/h3-6,16-17H,7-15H2,1-2H3,(H,24,30)/t16-/m0/s1. The number of rotatable bonds is 5. The van der Waals surface area contributed by atoms with Crippen LogP contribution in [-0.4, -0.2) is 80.1 Å². The van der Waals surface area contributed by atoms with Crippen molar-refractivity contribution in [3.05, 3.63) is 29.3 Å². The Hall–Kier alpha value is -2.48. The maximum atomic E-state index is 12.7. The number of ether oxygens (including phenoxy) is 1. The lowest BCUT2D eigenvalue weighted by molar-refractivity contribution is -0.142. The summed E-state index contributed by atoms with van der Waals surface area (Å²) in [5.74, 6) is -0.0374. The van der Waals surface area contributed by atoms with Crippen LogP contribution in [0.1, 0.15) is 26.2 Å². The Morgan fingerprint density at radius 1 is 1.03 bits per heavy atom. The van der Waals surface area contributed by atoms with E-state index in [4.69, 9.17) is 16.3 Å². The first-order chi connectivity index (χ1) is 14.9. The van der Waals surface area contributed by atoms with Gasteiger partial charge in [-0.25, -0.2) is 4.79 Å². The SMILES string of the molecule is COC(=O)CC1CCN(C(=O)[C@H](C)NC(=O)N2CCN(c3ccc(Cl)cc3)CC2)CC1. The van der Waals surface area contributed by atoms with E-state index >= 15 is 0 Å². The molecule has 2 saturated heterocycles. The summed E-state index contributed by atoms with van der Waals surface area (Å²) in [6.07, 6.45) is 1.94. The Kier molecular flexibility index (Phi) is 8.01. The lowest BCUT2D eigenvalue weighted by Crippen LogP contribution is -2.56. The van der Waals surface area contributed by atoms with Crippen LogP contribution in [0.15, 0.2) is 24.3 Å². The van der Waals surface area contributed by atoms with Crippen LogP contribution in [0.4, 0.5) is 10.5 Å². The first-order valence-corrected chi connectivity index (χ1v) is 11.2. The van der Waals surface area contributed by atoms with Crippen LogP contribution in [0.5, 0.6) is 0 Å². The molecule has 8 nitrogen and oxygen atoms in total. The van der Waals surface area contributed by atoms with E-state index in [1.807, 2.05) is 24.3 Å². The number of piperidine rings is 1. The molecule has 0 radical (unpaired) electrons. The number of nitrogens with zero attached hydrogens (tertiary/aromatic N) is 3. The number of benzene rings is 1. The molecule has 0 aromatic heterocycles. The zero-order valence-corrected chi connectivity index (χ0v) is 18.9. The van der Waals surface area contributed by atoms with Crippen LogP contribution in [-0.2, 0) is 14.3 Å². The van der Waals surface area contributed by atoms with Crippen molar-refractivity contribution in [2.45, 2.75) is 32.2 Å². The minimum atomic E-state index is -0.584. The highest BCUT2D eigenvalue weighted by molar-refractivity contribution is 6.30. The molecule has 1 atom stereocenters. The number of hydrogen-bond donors (Lipinski definition) is 1. The summed E-state index contributed by atoms with van der Waals surface area (Å²) in [7, 11) is 1.39. The van der Waals surface area contributed by atoms with E-state index in [0.29, 0.717) is 37.6 Å². The van der Waals surface area contributed by atoms with Gasteiger partial charge in [-0.2, -0.15) is 0 Å². The first kappa shape index (κ1) is 23.2. The number of esters is 1. The molecule has 3 rings (SSSR count). The minimum Gasteiger partial charge on any atom is -0.469 e. The highest BCUT2D eigenvalue weighted by Crippen LogP contribution is 2.22. The van der Waals surface area contributed by atoms with Gasteiger partial charge in [0.2, 0.25) is 5.91 Å². The van der Waals surface area contributed by atoms with Crippen LogP contribution < -0.4 is 10.2 Å². The number of methoxy groups -OCH3 is 1. The van der Waals surface area contributed by atoms with Crippen molar-refractivity contribution < 1.29 is 19.1 Å². The molecule has 0 aliphatic carbocycles. The second-order valence-corrected chi connectivity index (χ2v) is 8.61.